The van der Waals surface area contributed by atoms with Crippen molar-refractivity contribution in [3.63, 3.8) is 0 Å². The van der Waals surface area contributed by atoms with Crippen LogP contribution in [0.2, 0.25) is 0 Å². The summed E-state index contributed by atoms with van der Waals surface area (Å²) >= 11 is 0. The van der Waals surface area contributed by atoms with Crippen LogP contribution in [-0.2, 0) is 14.2 Å². The van der Waals surface area contributed by atoms with Crippen molar-refractivity contribution >= 4 is 7.85 Å². The van der Waals surface area contributed by atoms with E-state index in [0.717, 1.165) is 0 Å². The van der Waals surface area contributed by atoms with Crippen LogP contribution in [0, 0.1) is 12.3 Å². The van der Waals surface area contributed by atoms with Gasteiger partial charge in [-0.1, -0.05) is 5.92 Å². The quantitative estimate of drug-likeness (QED) is 0.344. The van der Waals surface area contributed by atoms with E-state index in [2.05, 4.69) is 5.92 Å². The smallest absolute Gasteiger partial charge is 0.109 e. The lowest BCUT2D eigenvalue weighted by Gasteiger charge is -2.16. The lowest BCUT2D eigenvalue weighted by molar-refractivity contribution is -0.0367. The third-order valence-electron chi connectivity index (χ3n) is 2.00. The number of rotatable bonds is 4. The molecule has 1 heterocycles. The zero-order valence-corrected chi connectivity index (χ0v) is 7.73. The minimum Gasteiger partial charge on any atom is -0.380 e. The topological polar surface area (TPSA) is 27.7 Å². The summed E-state index contributed by atoms with van der Waals surface area (Å²) in [6, 6.07) is -0.246. The molecule has 1 aliphatic heterocycles. The van der Waals surface area contributed by atoms with Crippen LogP contribution in [0.25, 0.3) is 0 Å². The van der Waals surface area contributed by atoms with Crippen LogP contribution in [0.3, 0.4) is 0 Å². The Morgan fingerprint density at radius 2 is 2.46 bits per heavy atom. The summed E-state index contributed by atoms with van der Waals surface area (Å²) in [6.45, 7) is 0.738. The van der Waals surface area contributed by atoms with E-state index in [1.807, 2.05) is 0 Å². The van der Waals surface area contributed by atoms with Gasteiger partial charge in [0.05, 0.1) is 12.7 Å². The molecule has 2 radical (unpaired) electrons. The zero-order chi connectivity index (χ0) is 9.68. The van der Waals surface area contributed by atoms with Gasteiger partial charge >= 0.3 is 0 Å². The predicted octanol–water partition coefficient (Wildman–Crippen LogP) is -0.0653. The second kappa shape index (κ2) is 5.28. The Labute approximate surface area is 80.1 Å². The molecular weight excluding hydrogens is 167 g/mol. The molecule has 0 aromatic carbocycles. The van der Waals surface area contributed by atoms with E-state index in [1.54, 1.807) is 7.11 Å². The summed E-state index contributed by atoms with van der Waals surface area (Å²) in [5.74, 6) is 2.39. The lowest BCUT2D eigenvalue weighted by Crippen LogP contribution is -2.28. The highest BCUT2D eigenvalue weighted by Crippen LogP contribution is 2.20. The SMILES string of the molecule is [B][C@H]1CC(OC)[C@@H](COCC#C)O1. The maximum atomic E-state index is 5.60. The van der Waals surface area contributed by atoms with Crippen molar-refractivity contribution in [3.8, 4) is 12.3 Å². The van der Waals surface area contributed by atoms with E-state index in [0.29, 0.717) is 19.6 Å². The van der Waals surface area contributed by atoms with Gasteiger partial charge in [-0.05, 0) is 6.42 Å². The largest absolute Gasteiger partial charge is 0.380 e. The van der Waals surface area contributed by atoms with Gasteiger partial charge in [-0.25, -0.2) is 0 Å². The number of hydrogen-bond donors (Lipinski definition) is 0. The fourth-order valence-electron chi connectivity index (χ4n) is 1.38. The summed E-state index contributed by atoms with van der Waals surface area (Å²) in [4.78, 5) is 0. The molecule has 0 amide bonds. The predicted molar refractivity (Wildman–Crippen MR) is 49.5 cm³/mol. The van der Waals surface area contributed by atoms with Crippen LogP contribution in [0.5, 0.6) is 0 Å². The molecule has 1 unspecified atom stereocenters. The summed E-state index contributed by atoms with van der Waals surface area (Å²) in [5, 5.41) is 0. The molecule has 0 aromatic heterocycles. The maximum absolute atomic E-state index is 5.60. The van der Waals surface area contributed by atoms with Crippen LogP contribution >= 0.6 is 0 Å². The van der Waals surface area contributed by atoms with Crippen molar-refractivity contribution in [2.75, 3.05) is 20.3 Å². The molecule has 1 aliphatic rings. The zero-order valence-electron chi connectivity index (χ0n) is 7.73. The van der Waals surface area contributed by atoms with Crippen molar-refractivity contribution in [2.45, 2.75) is 24.6 Å². The first-order chi connectivity index (χ1) is 6.27. The van der Waals surface area contributed by atoms with Gasteiger partial charge in [0.15, 0.2) is 0 Å². The van der Waals surface area contributed by atoms with E-state index in [1.165, 1.54) is 0 Å². The van der Waals surface area contributed by atoms with E-state index in [9.17, 15) is 0 Å². The fraction of sp³-hybridized carbons (Fsp3) is 0.778. The minimum absolute atomic E-state index is 0.0211. The van der Waals surface area contributed by atoms with Crippen LogP contribution in [0.1, 0.15) is 6.42 Å². The van der Waals surface area contributed by atoms with Gasteiger partial charge in [-0.2, -0.15) is 0 Å². The number of ether oxygens (including phenoxy) is 3. The molecule has 13 heavy (non-hydrogen) atoms. The molecule has 4 heteroatoms. The Balaban J connectivity index is 2.27. The van der Waals surface area contributed by atoms with Crippen molar-refractivity contribution in [1.82, 2.24) is 0 Å². The minimum atomic E-state index is -0.246. The van der Waals surface area contributed by atoms with Gasteiger partial charge in [0.2, 0.25) is 0 Å². The third-order valence-corrected chi connectivity index (χ3v) is 2.00. The maximum Gasteiger partial charge on any atom is 0.109 e. The standard InChI is InChI=1S/C9H13BO3/c1-3-4-12-6-8-7(11-2)5-9(10)13-8/h1,7-9H,4-6H2,2H3/t7?,8-,9-/m1/s1. The van der Waals surface area contributed by atoms with E-state index in [-0.39, 0.29) is 18.2 Å². The molecule has 70 valence electrons. The van der Waals surface area contributed by atoms with Gasteiger partial charge in [0.1, 0.15) is 20.6 Å². The molecular formula is C9H13BO3. The summed E-state index contributed by atoms with van der Waals surface area (Å²) in [7, 11) is 7.24. The van der Waals surface area contributed by atoms with Crippen LogP contribution < -0.4 is 0 Å². The normalized spacial score (nSPS) is 33.1. The van der Waals surface area contributed by atoms with Crippen LogP contribution in [0.4, 0.5) is 0 Å². The van der Waals surface area contributed by atoms with E-state index in [4.69, 9.17) is 28.5 Å². The van der Waals surface area contributed by atoms with Gasteiger partial charge in [0.25, 0.3) is 0 Å². The Bertz CT molecular complexity index is 190. The molecule has 0 N–H and O–H groups in total. The third kappa shape index (κ3) is 3.04. The Morgan fingerprint density at radius 1 is 1.69 bits per heavy atom. The average molecular weight is 180 g/mol. The second-order valence-electron chi connectivity index (χ2n) is 2.94. The van der Waals surface area contributed by atoms with Crippen LogP contribution in [-0.4, -0.2) is 46.4 Å². The molecule has 1 fully saturated rings. The van der Waals surface area contributed by atoms with Gasteiger partial charge in [-0.15, -0.1) is 6.42 Å². The number of hydrogen-bond acceptors (Lipinski definition) is 3. The van der Waals surface area contributed by atoms with Crippen molar-refractivity contribution in [3.05, 3.63) is 0 Å². The first-order valence-electron chi connectivity index (χ1n) is 4.23. The monoisotopic (exact) mass is 180 g/mol. The number of terminal acetylenes is 1. The molecule has 1 rings (SSSR count). The Kier molecular flexibility index (Phi) is 4.30. The average Bonchev–Trinajstić information content (AvgIpc) is 2.47. The lowest BCUT2D eigenvalue weighted by atomic mass is 9.96. The highest BCUT2D eigenvalue weighted by Gasteiger charge is 2.32. The molecule has 0 aliphatic carbocycles. The summed E-state index contributed by atoms with van der Waals surface area (Å²) in [6.07, 6.45) is 5.68. The Morgan fingerprint density at radius 3 is 3.08 bits per heavy atom. The van der Waals surface area contributed by atoms with Crippen LogP contribution in [0.15, 0.2) is 0 Å². The molecule has 0 spiro atoms. The highest BCUT2D eigenvalue weighted by molar-refractivity contribution is 6.11. The van der Waals surface area contributed by atoms with Crippen molar-refractivity contribution in [2.24, 2.45) is 0 Å². The first kappa shape index (κ1) is 10.6. The second-order valence-corrected chi connectivity index (χ2v) is 2.94. The highest BCUT2D eigenvalue weighted by atomic mass is 16.6. The molecule has 3 nitrogen and oxygen atoms in total. The summed E-state index contributed by atoms with van der Waals surface area (Å²) < 4.78 is 15.7. The molecule has 0 aromatic rings. The Hall–Kier alpha value is -0.495. The fourth-order valence-corrected chi connectivity index (χ4v) is 1.38. The van der Waals surface area contributed by atoms with Crippen molar-refractivity contribution < 1.29 is 14.2 Å². The first-order valence-corrected chi connectivity index (χ1v) is 4.23. The molecule has 0 saturated carbocycles. The molecule has 1 saturated heterocycles. The van der Waals surface area contributed by atoms with E-state index < -0.39 is 0 Å². The van der Waals surface area contributed by atoms with Gasteiger partial charge in [0, 0.05) is 13.1 Å². The van der Waals surface area contributed by atoms with E-state index >= 15 is 0 Å². The van der Waals surface area contributed by atoms with Crippen molar-refractivity contribution in [1.29, 1.82) is 0 Å². The summed E-state index contributed by atoms with van der Waals surface area (Å²) in [5.41, 5.74) is 0. The molecule has 0 bridgehead atoms. The number of methoxy groups -OCH3 is 1. The van der Waals surface area contributed by atoms with Gasteiger partial charge in [-0.3, -0.25) is 0 Å². The van der Waals surface area contributed by atoms with Gasteiger partial charge < -0.3 is 14.2 Å². The molecule has 3 atom stereocenters.